The summed E-state index contributed by atoms with van der Waals surface area (Å²) in [7, 11) is -4.29. The number of nitro groups is 1. The summed E-state index contributed by atoms with van der Waals surface area (Å²) in [6.45, 7) is 6.51. The van der Waals surface area contributed by atoms with Crippen molar-refractivity contribution in [1.82, 2.24) is 19.9 Å². The first-order chi connectivity index (χ1) is 19.9. The summed E-state index contributed by atoms with van der Waals surface area (Å²) in [6.07, 6.45) is 2.17. The van der Waals surface area contributed by atoms with Crippen LogP contribution in [0.5, 0.6) is 0 Å². The number of β-lactam (4-membered cyclic amide) rings is 1. The molecule has 2 fully saturated rings. The van der Waals surface area contributed by atoms with Crippen LogP contribution in [0.3, 0.4) is 0 Å². The summed E-state index contributed by atoms with van der Waals surface area (Å²) in [5, 5.41) is 17.0. The molecule has 17 heteroatoms. The van der Waals surface area contributed by atoms with Gasteiger partial charge in [0.1, 0.15) is 29.9 Å². The minimum Gasteiger partial charge on any atom is -0.459 e. The molecule has 0 radical (unpaired) electrons. The van der Waals surface area contributed by atoms with Gasteiger partial charge in [0.15, 0.2) is 21.6 Å². The van der Waals surface area contributed by atoms with E-state index in [2.05, 4.69) is 23.5 Å². The van der Waals surface area contributed by atoms with Gasteiger partial charge in [0.2, 0.25) is 11.6 Å². The van der Waals surface area contributed by atoms with Crippen molar-refractivity contribution in [3.63, 3.8) is 0 Å². The van der Waals surface area contributed by atoms with Gasteiger partial charge >= 0.3 is 17.9 Å². The van der Waals surface area contributed by atoms with Crippen molar-refractivity contribution in [2.75, 3.05) is 13.2 Å². The Morgan fingerprint density at radius 3 is 2.31 bits per heavy atom. The van der Waals surface area contributed by atoms with Gasteiger partial charge in [-0.2, -0.15) is 0 Å². The summed E-state index contributed by atoms with van der Waals surface area (Å²) in [6, 6.07) is 3.47. The second-order valence-corrected chi connectivity index (χ2v) is 12.0. The van der Waals surface area contributed by atoms with Crippen LogP contribution in [0.1, 0.15) is 39.9 Å². The van der Waals surface area contributed by atoms with Crippen molar-refractivity contribution in [3.8, 4) is 0 Å². The number of rotatable bonds is 12. The van der Waals surface area contributed by atoms with Gasteiger partial charge < -0.3 is 19.1 Å². The molecule has 222 valence electrons. The number of carbonyl (C=O) groups is 4. The smallest absolute Gasteiger partial charge is 0.361 e. The number of esters is 3. The Morgan fingerprint density at radius 2 is 1.74 bits per heavy atom. The Bertz CT molecular complexity index is 1580. The molecule has 1 amide bonds. The summed E-state index contributed by atoms with van der Waals surface area (Å²) in [5.41, 5.74) is -0.923. The highest BCUT2D eigenvalue weighted by molar-refractivity contribution is 7.93. The van der Waals surface area contributed by atoms with Gasteiger partial charge in [-0.05, 0) is 24.6 Å². The molecule has 0 saturated carbocycles. The number of benzene rings is 1. The predicted octanol–water partition coefficient (Wildman–Crippen LogP) is 0.729. The van der Waals surface area contributed by atoms with Crippen LogP contribution in [0.15, 0.2) is 49.6 Å². The van der Waals surface area contributed by atoms with Gasteiger partial charge in [-0.25, -0.2) is 27.5 Å². The topological polar surface area (TPSA) is 207 Å². The summed E-state index contributed by atoms with van der Waals surface area (Å²) >= 11 is 0. The highest BCUT2D eigenvalue weighted by Crippen LogP contribution is 2.47. The lowest BCUT2D eigenvalue weighted by Crippen LogP contribution is -2.58. The summed E-state index contributed by atoms with van der Waals surface area (Å²) < 4.78 is 41.4. The van der Waals surface area contributed by atoms with E-state index in [0.29, 0.717) is 5.56 Å². The Labute approximate surface area is 238 Å². The number of hydrogen-bond donors (Lipinski definition) is 0. The third kappa shape index (κ3) is 5.13. The fourth-order valence-electron chi connectivity index (χ4n) is 4.68. The third-order valence-corrected chi connectivity index (χ3v) is 9.58. The van der Waals surface area contributed by atoms with Gasteiger partial charge in [0, 0.05) is 12.1 Å². The molecule has 0 unspecified atom stereocenters. The highest BCUT2D eigenvalue weighted by Gasteiger charge is 2.70. The number of non-ortho nitro benzene ring substituents is 1. The van der Waals surface area contributed by atoms with Crippen molar-refractivity contribution >= 4 is 39.3 Å². The fourth-order valence-corrected chi connectivity index (χ4v) is 7.03. The number of hydrogen-bond acceptors (Lipinski definition) is 13. The Kier molecular flexibility index (Phi) is 8.24. The molecule has 2 aliphatic rings. The van der Waals surface area contributed by atoms with Gasteiger partial charge in [0.25, 0.3) is 5.69 Å². The van der Waals surface area contributed by atoms with Gasteiger partial charge in [-0.3, -0.25) is 14.9 Å². The minimum absolute atomic E-state index is 0.184. The van der Waals surface area contributed by atoms with E-state index in [-0.39, 0.29) is 31.9 Å². The molecular weight excluding hydrogens is 578 g/mol. The van der Waals surface area contributed by atoms with E-state index >= 15 is 0 Å². The quantitative estimate of drug-likeness (QED) is 0.0819. The second-order valence-electron chi connectivity index (χ2n) is 9.47. The van der Waals surface area contributed by atoms with Crippen LogP contribution >= 0.6 is 0 Å². The maximum atomic E-state index is 13.7. The molecule has 42 heavy (non-hydrogen) atoms. The van der Waals surface area contributed by atoms with E-state index < -0.39 is 72.7 Å². The first-order valence-electron chi connectivity index (χ1n) is 12.3. The molecule has 1 aromatic heterocycles. The standard InChI is InChI=1S/C25H25N5O11S/c1-4-10-39-22(32)19-20(23(33)40-11-5-2)28(27-26-19)14-25(3)21(29-17(31)12-18(29)42(25,37)38)24(34)41-13-15-6-8-16(9-7-15)30(35)36/h4-9,18,21H,1-2,10-14H2,3H3/t18-,21-,25+/m0/s1. The van der Waals surface area contributed by atoms with E-state index in [4.69, 9.17) is 14.2 Å². The number of carbonyl (C=O) groups excluding carboxylic acids is 4. The van der Waals surface area contributed by atoms with E-state index in [1.54, 1.807) is 0 Å². The van der Waals surface area contributed by atoms with Gasteiger partial charge in [-0.15, -0.1) is 5.10 Å². The predicted molar refractivity (Wildman–Crippen MR) is 140 cm³/mol. The fraction of sp³-hybridized carbons (Fsp3) is 0.360. The number of ether oxygens (including phenoxy) is 3. The monoisotopic (exact) mass is 603 g/mol. The first kappa shape index (κ1) is 30.0. The number of nitro benzene ring substituents is 1. The zero-order chi connectivity index (χ0) is 30.8. The number of aromatic nitrogens is 3. The van der Waals surface area contributed by atoms with Crippen molar-refractivity contribution in [2.24, 2.45) is 0 Å². The number of nitrogens with zero attached hydrogens (tertiary/aromatic N) is 5. The SMILES string of the molecule is C=CCOC(=O)c1nnn(C[C@]2(C)[C@H](C(=O)OCc3ccc([N+](=O)[O-])cc3)N3C(=O)C[C@@H]3S2(=O)=O)c1C(=O)OCC=C. The molecule has 16 nitrogen and oxygen atoms in total. The van der Waals surface area contributed by atoms with Crippen molar-refractivity contribution < 1.29 is 46.7 Å². The number of amides is 1. The van der Waals surface area contributed by atoms with Crippen LogP contribution in [0.4, 0.5) is 5.69 Å². The summed E-state index contributed by atoms with van der Waals surface area (Å²) in [4.78, 5) is 62.6. The number of sulfone groups is 1. The van der Waals surface area contributed by atoms with Gasteiger partial charge in [-0.1, -0.05) is 30.5 Å². The third-order valence-electron chi connectivity index (χ3n) is 6.81. The van der Waals surface area contributed by atoms with Crippen molar-refractivity contribution in [1.29, 1.82) is 0 Å². The van der Waals surface area contributed by atoms with Gasteiger partial charge in [0.05, 0.1) is 17.9 Å². The molecule has 4 rings (SSSR count). The molecule has 0 aliphatic carbocycles. The van der Waals surface area contributed by atoms with Crippen molar-refractivity contribution in [2.45, 2.75) is 42.7 Å². The molecule has 2 aromatic rings. The Balaban J connectivity index is 1.69. The lowest BCUT2D eigenvalue weighted by atomic mass is 9.96. The van der Waals surface area contributed by atoms with E-state index in [0.717, 1.165) is 9.58 Å². The molecule has 3 atom stereocenters. The normalized spacial score (nSPS) is 21.9. The molecule has 3 heterocycles. The zero-order valence-corrected chi connectivity index (χ0v) is 23.0. The average molecular weight is 604 g/mol. The minimum atomic E-state index is -4.29. The average Bonchev–Trinajstić information content (AvgIpc) is 3.42. The maximum Gasteiger partial charge on any atom is 0.361 e. The number of fused-ring (bicyclic) bond motifs is 1. The van der Waals surface area contributed by atoms with E-state index in [1.165, 1.54) is 43.3 Å². The van der Waals surface area contributed by atoms with Crippen molar-refractivity contribution in [3.05, 3.63) is 76.6 Å². The van der Waals surface area contributed by atoms with Crippen LogP contribution in [0.25, 0.3) is 0 Å². The van der Waals surface area contributed by atoms with Crippen LogP contribution in [0, 0.1) is 10.1 Å². The second kappa shape index (κ2) is 11.5. The lowest BCUT2D eigenvalue weighted by molar-refractivity contribution is -0.384. The molecular formula is C25H25N5O11S. The van der Waals surface area contributed by atoms with Crippen LogP contribution in [-0.2, 0) is 46.8 Å². The van der Waals surface area contributed by atoms with E-state index in [9.17, 15) is 37.7 Å². The maximum absolute atomic E-state index is 13.7. The molecule has 1 aromatic carbocycles. The lowest BCUT2D eigenvalue weighted by Gasteiger charge is -2.36. The zero-order valence-electron chi connectivity index (χ0n) is 22.2. The van der Waals surface area contributed by atoms with Crippen LogP contribution < -0.4 is 0 Å². The molecule has 2 saturated heterocycles. The van der Waals surface area contributed by atoms with E-state index in [1.807, 2.05) is 0 Å². The molecule has 2 aliphatic heterocycles. The molecule has 0 N–H and O–H groups in total. The van der Waals surface area contributed by atoms with Crippen LogP contribution in [-0.4, -0.2) is 86.4 Å². The first-order valence-corrected chi connectivity index (χ1v) is 13.9. The summed E-state index contributed by atoms with van der Waals surface area (Å²) in [5.74, 6) is -3.84. The largest absolute Gasteiger partial charge is 0.459 e. The van der Waals surface area contributed by atoms with Crippen LogP contribution in [0.2, 0.25) is 0 Å². The molecule has 0 bridgehead atoms. The molecule has 0 spiro atoms. The highest BCUT2D eigenvalue weighted by atomic mass is 32.2. The Hall–Kier alpha value is -4.93. The Morgan fingerprint density at radius 1 is 1.12 bits per heavy atom.